The Morgan fingerprint density at radius 3 is 1.18 bits per heavy atom. The van der Waals surface area contributed by atoms with E-state index >= 15 is 0 Å². The van der Waals surface area contributed by atoms with Crippen molar-refractivity contribution in [3.8, 4) is 0 Å². The van der Waals surface area contributed by atoms with Crippen LogP contribution in [0.3, 0.4) is 0 Å². The molecule has 125 heavy (non-hydrogen) atoms. The summed E-state index contributed by atoms with van der Waals surface area (Å²) in [5, 5.41) is 26.3. The number of hydrogen-bond donors (Lipinski definition) is 5. The quantitative estimate of drug-likeness (QED) is 0.00449. The normalized spacial score (nSPS) is 15.9. The number of methoxy groups -OCH3 is 7. The first-order chi connectivity index (χ1) is 58.8. The number of H-pyrrole nitrogens is 1. The molecule has 0 amide bonds. The summed E-state index contributed by atoms with van der Waals surface area (Å²) in [6.45, 7) is -1.25. The molecule has 724 valence electrons. The molecule has 3 heterocycles. The Bertz CT molecular complexity index is 3640. The Balaban J connectivity index is -0.00000143. The smallest absolute Gasteiger partial charge is 0.790 e. The van der Waals surface area contributed by atoms with Crippen LogP contribution in [0.15, 0.2) is 113 Å². The molecule has 3 fully saturated rings. The second-order valence-electron chi connectivity index (χ2n) is 23.1. The number of aliphatic hydroxyl groups excluding tert-OH is 3. The molecule has 4 aromatic rings. The van der Waals surface area contributed by atoms with Crippen LogP contribution in [0.5, 0.6) is 0 Å². The predicted molar refractivity (Wildman–Crippen MR) is 421 cm³/mol. The van der Waals surface area contributed by atoms with E-state index in [2.05, 4.69) is 99.1 Å². The van der Waals surface area contributed by atoms with E-state index in [1.54, 1.807) is 74.7 Å². The molecule has 1 aromatic heterocycles. The molecule has 3 aliphatic rings. The van der Waals surface area contributed by atoms with Gasteiger partial charge in [-0.15, -0.1) is 0 Å². The van der Waals surface area contributed by atoms with Crippen LogP contribution in [0.2, 0.25) is 0 Å². The number of nitrogens with zero attached hydrogens (tertiary/aromatic N) is 1. The zero-order chi connectivity index (χ0) is 92.1. The standard InChI is InChI=1S/C17H25O12P.C16H21FN2O6.C10H19O12P.C7H9O4P.C7H8O.C5H9ClO4.C5H9IO4.C3H8O2.2Ag/c1-21-8-10-23-16(18)25-13-28-30(20,27-12-15-6-4-3-5-7-15)29-14-26-17(19)24-11-9-22-2;1-14-11(23-16(25-14)5-2-3-6-16)15(8-17,9-20)24-12(14)19-7-4-10(21)18-13(19)22;1-15-3-5-17-9(11)19-7-21-23(13,14)22-8-20-10(12)18-6-4-16-2;8-12(9,10)11-6-7-4-2-1-3-5-7;8-6-7-4-2-1-3-5-7;2*1-8-2-3-9-5(7)10-4-6;1-5-3-2-4;;/h3-7H,8-14H2,1-2H3;4,7,11-12,20H,2-3,5-6,8-9H2,1H3,(H,18,21,22);3-8H2,1-2H3,(H,13,14);1-5H,6H2,(H2,8,9,10);1-5,8H,6H2;2*2-4H2,1H3;4H,2-3H2,1H3;;/q;;;;;;;;2*+1/p-2/t;11?,12-,14-,15-;;;;;;;;/m.1......../s1. The number of alkyl halides is 3. The van der Waals surface area contributed by atoms with Gasteiger partial charge in [0, 0.05) is 74.9 Å². The van der Waals surface area contributed by atoms with Crippen LogP contribution >= 0.6 is 57.7 Å². The van der Waals surface area contributed by atoms with Crippen molar-refractivity contribution in [2.24, 2.45) is 0 Å². The number of benzene rings is 3. The predicted octanol–water partition coefficient (Wildman–Crippen LogP) is 6.70. The molecule has 2 aliphatic heterocycles. The van der Waals surface area contributed by atoms with Crippen LogP contribution in [0.25, 0.3) is 0 Å². The number of fused-ring (bicyclic) bond motifs is 1. The second-order valence-corrected chi connectivity index (χ2v) is 28.2. The molecule has 47 nitrogen and oxygen atoms in total. The summed E-state index contributed by atoms with van der Waals surface area (Å²) < 4.78 is 181. The van der Waals surface area contributed by atoms with Gasteiger partial charge >= 0.3 is 103 Å². The Labute approximate surface area is 768 Å². The molecule has 1 spiro atoms. The molecule has 5 N–H and O–H groups in total. The second kappa shape index (κ2) is 74.9. The van der Waals surface area contributed by atoms with E-state index in [1.807, 2.05) is 52.9 Å². The van der Waals surface area contributed by atoms with Crippen molar-refractivity contribution in [3.05, 3.63) is 141 Å². The Hall–Kier alpha value is -5.80. The fraction of sp³-hybridized carbons (Fsp3) is 0.600. The molecule has 55 heteroatoms. The van der Waals surface area contributed by atoms with Crippen molar-refractivity contribution in [2.75, 3.05) is 193 Å². The van der Waals surface area contributed by atoms with Crippen molar-refractivity contribution in [2.45, 2.75) is 81.7 Å². The molecule has 3 aromatic carbocycles. The van der Waals surface area contributed by atoms with Crippen LogP contribution < -0.4 is 21.0 Å². The number of aliphatic hydroxyl groups is 3. The molecule has 2 saturated heterocycles. The third-order valence-corrected chi connectivity index (χ3v) is 17.3. The molecular formula is C70H106Ag2ClFIN2O45P3. The van der Waals surface area contributed by atoms with Crippen molar-refractivity contribution in [1.29, 1.82) is 0 Å². The van der Waals surface area contributed by atoms with E-state index < -0.39 is 141 Å². The number of halogens is 3. The minimum absolute atomic E-state index is 0. The molecular weight excluding hydrogens is 2080 g/mol. The van der Waals surface area contributed by atoms with Gasteiger partial charge in [-0.25, -0.2) is 65.2 Å². The van der Waals surface area contributed by atoms with Gasteiger partial charge in [-0.1, -0.05) is 103 Å². The minimum Gasteiger partial charge on any atom is -0.790 e. The van der Waals surface area contributed by atoms with Crippen LogP contribution in [0, 0.1) is 0 Å². The maximum absolute atomic E-state index is 13.9. The zero-order valence-corrected chi connectivity index (χ0v) is 77.6. The first-order valence-electron chi connectivity index (χ1n) is 35.8. The molecule has 7 rings (SSSR count). The summed E-state index contributed by atoms with van der Waals surface area (Å²) in [7, 11) is -3.40. The van der Waals surface area contributed by atoms with Crippen molar-refractivity contribution in [1.82, 2.24) is 9.55 Å². The van der Waals surface area contributed by atoms with Gasteiger partial charge in [0.25, 0.3) is 5.56 Å². The Morgan fingerprint density at radius 2 is 0.872 bits per heavy atom. The average molecular weight is 2190 g/mol. The topological polar surface area (TPSA) is 594 Å². The summed E-state index contributed by atoms with van der Waals surface area (Å²) in [5.41, 5.74) is -1.75. The van der Waals surface area contributed by atoms with Gasteiger partial charge in [-0.3, -0.25) is 18.9 Å². The fourth-order valence-corrected chi connectivity index (χ4v) is 10.8. The molecule has 1 saturated carbocycles. The largest absolute Gasteiger partial charge is 1.00 e. The summed E-state index contributed by atoms with van der Waals surface area (Å²) >= 11 is 6.96. The van der Waals surface area contributed by atoms with E-state index in [-0.39, 0.29) is 143 Å². The number of carbonyl (C=O) groups excluding carboxylic acids is 6. The summed E-state index contributed by atoms with van der Waals surface area (Å²) in [6.07, 6.45) is -3.26. The summed E-state index contributed by atoms with van der Waals surface area (Å²) in [4.78, 5) is 120. The summed E-state index contributed by atoms with van der Waals surface area (Å²) in [6, 6.07) is 27.9. The number of hydrogen-bond acceptors (Lipinski definition) is 44. The minimum atomic E-state index is -4.83. The number of aromatic amines is 1. The monoisotopic (exact) mass is 2180 g/mol. The average Bonchev–Trinajstić information content (AvgIpc) is 1.53. The SMILES string of the molecule is COCCO.COCCOC(=O)OCCl.COCCOC(=O)OCI.COCCOC(=O)OCOP(=O)(O)OCOC(=O)OCCOC.COCCOC(=O)OCOP(=O)(OCOC(=O)OCCOC)OCc1ccccc1.C[C@@]12OC3(CCCC3)OC1[C@](CO)(CF)O[C@H]2n1ccc(=O)[nH]c1=O.O=P([O-])([O-])OCc1ccccc1.OCc1ccccc1.[Ag+].[Ag+]. The van der Waals surface area contributed by atoms with Gasteiger partial charge in [0.15, 0.2) is 23.7 Å². The third kappa shape index (κ3) is 59.2. The van der Waals surface area contributed by atoms with Gasteiger partial charge in [0.2, 0.25) is 27.2 Å². The van der Waals surface area contributed by atoms with E-state index in [0.29, 0.717) is 48.4 Å². The van der Waals surface area contributed by atoms with E-state index in [9.17, 15) is 76.2 Å². The Kier molecular flexibility index (Phi) is 73.9. The van der Waals surface area contributed by atoms with Gasteiger partial charge in [0.1, 0.15) is 62.6 Å². The number of nitrogens with one attached hydrogen (secondary N) is 1. The van der Waals surface area contributed by atoms with E-state index in [4.69, 9.17) is 59.1 Å². The number of phosphoric ester groups is 3. The number of carbonyl (C=O) groups is 6. The third-order valence-electron chi connectivity index (χ3n) is 14.3. The first kappa shape index (κ1) is 123. The van der Waals surface area contributed by atoms with E-state index in [0.717, 1.165) is 23.0 Å². The van der Waals surface area contributed by atoms with Gasteiger partial charge in [-0.05, 0) is 59.0 Å². The molecule has 4 atom stereocenters. The van der Waals surface area contributed by atoms with E-state index in [1.165, 1.54) is 54.9 Å². The Morgan fingerprint density at radius 1 is 0.512 bits per heavy atom. The number of ether oxygens (including phenoxy) is 22. The maximum atomic E-state index is 13.9. The summed E-state index contributed by atoms with van der Waals surface area (Å²) in [5.74, 6) is -0.844. The van der Waals surface area contributed by atoms with Crippen molar-refractivity contribution in [3.63, 3.8) is 0 Å². The first-order valence-corrected chi connectivity index (χ1v) is 42.3. The van der Waals surface area contributed by atoms with Crippen LogP contribution in [0.4, 0.5) is 33.2 Å². The number of rotatable bonds is 44. The molecule has 0 bridgehead atoms. The van der Waals surface area contributed by atoms with Gasteiger partial charge < -0.3 is 143 Å². The fourth-order valence-electron chi connectivity index (χ4n) is 8.79. The number of phosphoric acid groups is 3. The van der Waals surface area contributed by atoms with Crippen molar-refractivity contribution < 1.29 is 253 Å². The van der Waals surface area contributed by atoms with Crippen LogP contribution in [0.1, 0.15) is 55.5 Å². The van der Waals surface area contributed by atoms with Gasteiger partial charge in [-0.2, -0.15) is 0 Å². The van der Waals surface area contributed by atoms with Crippen LogP contribution in [-0.2, 0) is 210 Å². The maximum Gasteiger partial charge on any atom is 1.00 e. The number of aromatic nitrogens is 2. The molecule has 1 unspecified atom stereocenters. The van der Waals surface area contributed by atoms with Crippen LogP contribution in [-0.4, -0.2) is 283 Å². The van der Waals surface area contributed by atoms with Crippen molar-refractivity contribution >= 4 is 94.6 Å². The molecule has 1 aliphatic carbocycles. The van der Waals surface area contributed by atoms with Gasteiger partial charge in [0.05, 0.1) is 87.1 Å². The zero-order valence-electron chi connectivity index (χ0n) is 69.0. The molecule has 0 radical (unpaired) electrons.